The average Bonchev–Trinajstić information content (AvgIpc) is 2.82. The summed E-state index contributed by atoms with van der Waals surface area (Å²) in [5.74, 6) is 0.823. The lowest BCUT2D eigenvalue weighted by atomic mass is 9.98. The number of nitrogens with zero attached hydrogens (tertiary/aromatic N) is 1. The van der Waals surface area contributed by atoms with Crippen LogP contribution in [0, 0.1) is 12.8 Å². The van der Waals surface area contributed by atoms with E-state index >= 15 is 0 Å². The Labute approximate surface area is 94.8 Å². The highest BCUT2D eigenvalue weighted by atomic mass is 16.5. The standard InChI is InChI=1S/C13H15NO2/c1-8-4-11(15)5-10-6-12(14-13(8)10)9-2-3-16-7-9/h4-5,9,15H,2-3,6-7H2,1H3. The number of ether oxygens (including phenoxy) is 1. The van der Waals surface area contributed by atoms with Crippen LogP contribution in [0.25, 0.3) is 0 Å². The van der Waals surface area contributed by atoms with E-state index in [1.807, 2.05) is 13.0 Å². The first-order chi connectivity index (χ1) is 7.74. The zero-order chi connectivity index (χ0) is 11.1. The number of hydrogen-bond acceptors (Lipinski definition) is 3. The molecule has 3 nitrogen and oxygen atoms in total. The van der Waals surface area contributed by atoms with Crippen LogP contribution in [-0.2, 0) is 11.2 Å². The van der Waals surface area contributed by atoms with Crippen LogP contribution in [-0.4, -0.2) is 24.0 Å². The first-order valence-electron chi connectivity index (χ1n) is 5.72. The molecular formula is C13H15NO2. The third kappa shape index (κ3) is 1.52. The SMILES string of the molecule is Cc1cc(O)cc2c1N=C(C1CCOC1)C2. The van der Waals surface area contributed by atoms with Gasteiger partial charge in [0, 0.05) is 24.7 Å². The molecule has 3 rings (SSSR count). The summed E-state index contributed by atoms with van der Waals surface area (Å²) in [7, 11) is 0. The van der Waals surface area contributed by atoms with E-state index in [0.29, 0.717) is 11.7 Å². The molecule has 1 N–H and O–H groups in total. The molecule has 1 saturated heterocycles. The number of phenols is 1. The second kappa shape index (κ2) is 3.59. The predicted molar refractivity (Wildman–Crippen MR) is 62.6 cm³/mol. The zero-order valence-electron chi connectivity index (χ0n) is 9.36. The van der Waals surface area contributed by atoms with Crippen molar-refractivity contribution in [2.75, 3.05) is 13.2 Å². The normalized spacial score (nSPS) is 23.3. The van der Waals surface area contributed by atoms with Crippen LogP contribution < -0.4 is 0 Å². The Balaban J connectivity index is 1.94. The van der Waals surface area contributed by atoms with Gasteiger partial charge in [-0.3, -0.25) is 4.99 Å². The summed E-state index contributed by atoms with van der Waals surface area (Å²) in [4.78, 5) is 4.70. The molecular weight excluding hydrogens is 202 g/mol. The molecule has 84 valence electrons. The summed E-state index contributed by atoms with van der Waals surface area (Å²) in [6.07, 6.45) is 1.95. The maximum Gasteiger partial charge on any atom is 0.116 e. The molecule has 1 atom stereocenters. The molecule has 1 unspecified atom stereocenters. The van der Waals surface area contributed by atoms with Crippen LogP contribution >= 0.6 is 0 Å². The average molecular weight is 217 g/mol. The van der Waals surface area contributed by atoms with Crippen molar-refractivity contribution < 1.29 is 9.84 Å². The van der Waals surface area contributed by atoms with Crippen LogP contribution in [0.15, 0.2) is 17.1 Å². The predicted octanol–water partition coefficient (Wildman–Crippen LogP) is 2.37. The van der Waals surface area contributed by atoms with Gasteiger partial charge in [-0.25, -0.2) is 0 Å². The molecule has 2 aliphatic rings. The summed E-state index contributed by atoms with van der Waals surface area (Å²) >= 11 is 0. The lowest BCUT2D eigenvalue weighted by molar-refractivity contribution is 0.193. The van der Waals surface area contributed by atoms with Crippen LogP contribution in [0.3, 0.4) is 0 Å². The van der Waals surface area contributed by atoms with E-state index in [0.717, 1.165) is 42.9 Å². The minimum atomic E-state index is 0.343. The number of hydrogen-bond donors (Lipinski definition) is 1. The lowest BCUT2D eigenvalue weighted by Gasteiger charge is -2.05. The fourth-order valence-electron chi connectivity index (χ4n) is 2.54. The van der Waals surface area contributed by atoms with Crippen LogP contribution in [0.5, 0.6) is 5.75 Å². The Morgan fingerprint density at radius 3 is 3.06 bits per heavy atom. The van der Waals surface area contributed by atoms with Crippen molar-refractivity contribution in [3.05, 3.63) is 23.3 Å². The largest absolute Gasteiger partial charge is 0.508 e. The molecule has 2 heterocycles. The summed E-state index contributed by atoms with van der Waals surface area (Å²) in [5.41, 5.74) is 4.49. The van der Waals surface area contributed by atoms with Crippen LogP contribution in [0.4, 0.5) is 5.69 Å². The van der Waals surface area contributed by atoms with Crippen molar-refractivity contribution in [2.24, 2.45) is 10.9 Å². The summed E-state index contributed by atoms with van der Waals surface area (Å²) in [6.45, 7) is 3.65. The first kappa shape index (κ1) is 9.85. The second-order valence-corrected chi connectivity index (χ2v) is 4.61. The van der Waals surface area contributed by atoms with Crippen LogP contribution in [0.1, 0.15) is 17.5 Å². The molecule has 0 amide bonds. The molecule has 0 radical (unpaired) electrons. The van der Waals surface area contributed by atoms with Crippen molar-refractivity contribution in [1.82, 2.24) is 0 Å². The van der Waals surface area contributed by atoms with E-state index in [9.17, 15) is 5.11 Å². The summed E-state index contributed by atoms with van der Waals surface area (Å²) in [6, 6.07) is 3.60. The highest BCUT2D eigenvalue weighted by Gasteiger charge is 2.26. The fraction of sp³-hybridized carbons (Fsp3) is 0.462. The van der Waals surface area contributed by atoms with Gasteiger partial charge >= 0.3 is 0 Å². The van der Waals surface area contributed by atoms with E-state index in [2.05, 4.69) is 0 Å². The fourth-order valence-corrected chi connectivity index (χ4v) is 2.54. The van der Waals surface area contributed by atoms with Gasteiger partial charge in [0.1, 0.15) is 5.75 Å². The third-order valence-electron chi connectivity index (χ3n) is 3.39. The Hall–Kier alpha value is -1.35. The highest BCUT2D eigenvalue weighted by Crippen LogP contribution is 2.36. The van der Waals surface area contributed by atoms with Crippen LogP contribution in [0.2, 0.25) is 0 Å². The van der Waals surface area contributed by atoms with E-state index in [-0.39, 0.29) is 0 Å². The quantitative estimate of drug-likeness (QED) is 0.784. The molecule has 0 bridgehead atoms. The molecule has 1 fully saturated rings. The van der Waals surface area contributed by atoms with Gasteiger partial charge in [0.25, 0.3) is 0 Å². The molecule has 0 aliphatic carbocycles. The minimum Gasteiger partial charge on any atom is -0.508 e. The topological polar surface area (TPSA) is 41.8 Å². The van der Waals surface area contributed by atoms with Gasteiger partial charge in [-0.1, -0.05) is 0 Å². The van der Waals surface area contributed by atoms with Gasteiger partial charge in [0.2, 0.25) is 0 Å². The molecule has 1 aromatic rings. The Morgan fingerprint density at radius 1 is 1.44 bits per heavy atom. The van der Waals surface area contributed by atoms with Gasteiger partial charge in [0.05, 0.1) is 12.3 Å². The molecule has 0 saturated carbocycles. The second-order valence-electron chi connectivity index (χ2n) is 4.61. The monoisotopic (exact) mass is 217 g/mol. The van der Waals surface area contributed by atoms with Crippen molar-refractivity contribution in [3.63, 3.8) is 0 Å². The first-order valence-corrected chi connectivity index (χ1v) is 5.72. The Bertz CT molecular complexity index is 459. The summed E-state index contributed by atoms with van der Waals surface area (Å²) in [5, 5.41) is 9.55. The number of aromatic hydroxyl groups is 1. The molecule has 3 heteroatoms. The van der Waals surface area contributed by atoms with E-state index < -0.39 is 0 Å². The maximum atomic E-state index is 9.55. The molecule has 16 heavy (non-hydrogen) atoms. The highest BCUT2D eigenvalue weighted by molar-refractivity contribution is 5.96. The van der Waals surface area contributed by atoms with Crippen molar-refractivity contribution >= 4 is 11.4 Å². The number of aryl methyl sites for hydroxylation is 1. The minimum absolute atomic E-state index is 0.343. The van der Waals surface area contributed by atoms with Crippen molar-refractivity contribution in [2.45, 2.75) is 19.8 Å². The number of benzene rings is 1. The van der Waals surface area contributed by atoms with Crippen molar-refractivity contribution in [1.29, 1.82) is 0 Å². The smallest absolute Gasteiger partial charge is 0.116 e. The number of aliphatic imine (C=N–C) groups is 1. The molecule has 1 aromatic carbocycles. The van der Waals surface area contributed by atoms with Gasteiger partial charge in [0.15, 0.2) is 0 Å². The Kier molecular flexibility index (Phi) is 2.21. The summed E-state index contributed by atoms with van der Waals surface area (Å²) < 4.78 is 5.39. The third-order valence-corrected chi connectivity index (χ3v) is 3.39. The Morgan fingerprint density at radius 2 is 2.31 bits per heavy atom. The number of fused-ring (bicyclic) bond motifs is 1. The van der Waals surface area contributed by atoms with E-state index in [1.165, 1.54) is 5.71 Å². The maximum absolute atomic E-state index is 9.55. The number of phenolic OH excluding ortho intramolecular Hbond substituents is 1. The molecule has 0 aromatic heterocycles. The van der Waals surface area contributed by atoms with Gasteiger partial charge < -0.3 is 9.84 Å². The van der Waals surface area contributed by atoms with Gasteiger partial charge in [-0.2, -0.15) is 0 Å². The van der Waals surface area contributed by atoms with Crippen molar-refractivity contribution in [3.8, 4) is 5.75 Å². The van der Waals surface area contributed by atoms with Gasteiger partial charge in [-0.15, -0.1) is 0 Å². The lowest BCUT2D eigenvalue weighted by Crippen LogP contribution is -2.14. The number of rotatable bonds is 1. The molecule has 0 spiro atoms. The molecule has 2 aliphatic heterocycles. The van der Waals surface area contributed by atoms with Gasteiger partial charge in [-0.05, 0) is 36.6 Å². The van der Waals surface area contributed by atoms with E-state index in [1.54, 1.807) is 6.07 Å². The zero-order valence-corrected chi connectivity index (χ0v) is 9.36. The van der Waals surface area contributed by atoms with E-state index in [4.69, 9.17) is 9.73 Å².